The Labute approximate surface area is 130 Å². The zero-order chi connectivity index (χ0) is 14.7. The van der Waals surface area contributed by atoms with Gasteiger partial charge in [0.15, 0.2) is 0 Å². The van der Waals surface area contributed by atoms with E-state index in [0.29, 0.717) is 10.0 Å². The fourth-order valence-corrected chi connectivity index (χ4v) is 2.95. The fourth-order valence-electron chi connectivity index (χ4n) is 2.41. The van der Waals surface area contributed by atoms with Crippen LogP contribution in [0.5, 0.6) is 0 Å². The first-order chi connectivity index (χ1) is 9.55. The van der Waals surface area contributed by atoms with Crippen molar-refractivity contribution in [1.29, 1.82) is 0 Å². The van der Waals surface area contributed by atoms with Crippen molar-refractivity contribution in [2.45, 2.75) is 32.7 Å². The molecule has 0 aliphatic rings. The summed E-state index contributed by atoms with van der Waals surface area (Å²) in [5.74, 6) is 0. The van der Waals surface area contributed by atoms with Crippen molar-refractivity contribution < 1.29 is 0 Å². The third-order valence-electron chi connectivity index (χ3n) is 3.58. The predicted octanol–water partition coefficient (Wildman–Crippen LogP) is 5.17. The van der Waals surface area contributed by atoms with Crippen molar-refractivity contribution in [3.63, 3.8) is 0 Å². The summed E-state index contributed by atoms with van der Waals surface area (Å²) in [5.41, 5.74) is 11.1. The summed E-state index contributed by atoms with van der Waals surface area (Å²) in [5, 5.41) is 1.24. The molecular weight excluding hydrogens is 289 g/mol. The molecular formula is C17H19Cl2N. The number of hydrogen-bond acceptors (Lipinski definition) is 1. The van der Waals surface area contributed by atoms with Crippen molar-refractivity contribution >= 4 is 23.2 Å². The van der Waals surface area contributed by atoms with Gasteiger partial charge in [0.1, 0.15) is 0 Å². The minimum absolute atomic E-state index is 0.201. The molecule has 2 aromatic rings. The Morgan fingerprint density at radius 1 is 0.950 bits per heavy atom. The lowest BCUT2D eigenvalue weighted by molar-refractivity contribution is 0.845. The fraction of sp³-hybridized carbons (Fsp3) is 0.294. The molecule has 0 aliphatic carbocycles. The van der Waals surface area contributed by atoms with Crippen LogP contribution in [0.25, 0.3) is 0 Å². The van der Waals surface area contributed by atoms with Gasteiger partial charge in [0, 0.05) is 10.0 Å². The van der Waals surface area contributed by atoms with Gasteiger partial charge in [0.25, 0.3) is 0 Å². The topological polar surface area (TPSA) is 26.0 Å². The molecule has 0 spiro atoms. The van der Waals surface area contributed by atoms with Gasteiger partial charge in [-0.25, -0.2) is 0 Å². The first-order valence-corrected chi connectivity index (χ1v) is 7.64. The molecule has 0 aliphatic heterocycles. The molecule has 1 atom stereocenters. The summed E-state index contributed by atoms with van der Waals surface area (Å²) in [4.78, 5) is 0. The Kier molecular flexibility index (Phi) is 5.09. The van der Waals surface area contributed by atoms with Crippen molar-refractivity contribution in [3.8, 4) is 0 Å². The second kappa shape index (κ2) is 6.62. The SMILES string of the molecule is CCc1ccc(CC)c(C(N)c2cc(Cl)cc(Cl)c2)c1. The maximum absolute atomic E-state index is 6.44. The van der Waals surface area contributed by atoms with Gasteiger partial charge >= 0.3 is 0 Å². The second-order valence-corrected chi connectivity index (χ2v) is 5.79. The Hall–Kier alpha value is -1.02. The normalized spacial score (nSPS) is 12.4. The number of benzene rings is 2. The summed E-state index contributed by atoms with van der Waals surface area (Å²) in [6, 6.07) is 11.8. The van der Waals surface area contributed by atoms with Crippen LogP contribution in [-0.4, -0.2) is 0 Å². The van der Waals surface area contributed by atoms with Crippen LogP contribution in [0.15, 0.2) is 36.4 Å². The van der Waals surface area contributed by atoms with E-state index in [9.17, 15) is 0 Å². The van der Waals surface area contributed by atoms with Crippen molar-refractivity contribution in [1.82, 2.24) is 0 Å². The van der Waals surface area contributed by atoms with Gasteiger partial charge in [-0.05, 0) is 53.3 Å². The Balaban J connectivity index is 2.48. The molecule has 0 aromatic heterocycles. The number of aryl methyl sites for hydroxylation is 2. The molecule has 2 aromatic carbocycles. The van der Waals surface area contributed by atoms with Gasteiger partial charge in [-0.3, -0.25) is 0 Å². The van der Waals surface area contributed by atoms with Crippen LogP contribution in [0.4, 0.5) is 0 Å². The third-order valence-corrected chi connectivity index (χ3v) is 4.01. The molecule has 106 valence electrons. The van der Waals surface area contributed by atoms with Gasteiger partial charge in [-0.1, -0.05) is 55.2 Å². The van der Waals surface area contributed by atoms with E-state index in [2.05, 4.69) is 32.0 Å². The molecule has 3 heteroatoms. The minimum Gasteiger partial charge on any atom is -0.320 e. The minimum atomic E-state index is -0.201. The molecule has 0 fully saturated rings. The van der Waals surface area contributed by atoms with E-state index in [1.165, 1.54) is 11.1 Å². The van der Waals surface area contributed by atoms with E-state index < -0.39 is 0 Å². The highest BCUT2D eigenvalue weighted by atomic mass is 35.5. The molecule has 0 bridgehead atoms. The summed E-state index contributed by atoms with van der Waals surface area (Å²) in [7, 11) is 0. The van der Waals surface area contributed by atoms with Crippen LogP contribution < -0.4 is 5.73 Å². The standard InChI is InChI=1S/C17H19Cl2N/c1-3-11-5-6-12(4-2)16(7-11)17(20)13-8-14(18)10-15(19)9-13/h5-10,17H,3-4,20H2,1-2H3. The van der Waals surface area contributed by atoms with Crippen LogP contribution in [0.2, 0.25) is 10.0 Å². The van der Waals surface area contributed by atoms with Crippen LogP contribution in [-0.2, 0) is 12.8 Å². The quantitative estimate of drug-likeness (QED) is 0.829. The van der Waals surface area contributed by atoms with Crippen LogP contribution in [0.1, 0.15) is 42.1 Å². The van der Waals surface area contributed by atoms with E-state index in [0.717, 1.165) is 24.0 Å². The van der Waals surface area contributed by atoms with Gasteiger partial charge in [0.05, 0.1) is 6.04 Å². The van der Waals surface area contributed by atoms with Gasteiger partial charge < -0.3 is 5.73 Å². The third kappa shape index (κ3) is 3.35. The lowest BCUT2D eigenvalue weighted by Gasteiger charge is -2.18. The average molecular weight is 308 g/mol. The highest BCUT2D eigenvalue weighted by Crippen LogP contribution is 2.29. The van der Waals surface area contributed by atoms with Crippen molar-refractivity contribution in [2.75, 3.05) is 0 Å². The Morgan fingerprint density at radius 3 is 2.15 bits per heavy atom. The van der Waals surface area contributed by atoms with E-state index >= 15 is 0 Å². The molecule has 1 unspecified atom stereocenters. The van der Waals surface area contributed by atoms with E-state index in [4.69, 9.17) is 28.9 Å². The van der Waals surface area contributed by atoms with Crippen molar-refractivity contribution in [3.05, 3.63) is 68.7 Å². The molecule has 0 radical (unpaired) electrons. The summed E-state index contributed by atoms with van der Waals surface area (Å²) >= 11 is 12.1. The molecule has 2 N–H and O–H groups in total. The molecule has 0 saturated carbocycles. The zero-order valence-corrected chi connectivity index (χ0v) is 13.3. The molecule has 0 amide bonds. The molecule has 2 rings (SSSR count). The highest BCUT2D eigenvalue weighted by molar-refractivity contribution is 6.34. The summed E-state index contributed by atoms with van der Waals surface area (Å²) in [6.45, 7) is 4.29. The highest BCUT2D eigenvalue weighted by Gasteiger charge is 2.14. The predicted molar refractivity (Wildman–Crippen MR) is 87.7 cm³/mol. The average Bonchev–Trinajstić information content (AvgIpc) is 2.44. The molecule has 0 saturated heterocycles. The maximum Gasteiger partial charge on any atom is 0.0555 e. The van der Waals surface area contributed by atoms with Crippen LogP contribution in [0.3, 0.4) is 0 Å². The smallest absolute Gasteiger partial charge is 0.0555 e. The molecule has 1 nitrogen and oxygen atoms in total. The number of nitrogens with two attached hydrogens (primary N) is 1. The van der Waals surface area contributed by atoms with Crippen LogP contribution in [0, 0.1) is 0 Å². The second-order valence-electron chi connectivity index (χ2n) is 4.92. The first-order valence-electron chi connectivity index (χ1n) is 6.88. The maximum atomic E-state index is 6.44. The van der Waals surface area contributed by atoms with Gasteiger partial charge in [-0.15, -0.1) is 0 Å². The lowest BCUT2D eigenvalue weighted by atomic mass is 9.92. The first kappa shape index (κ1) is 15.4. The molecule has 20 heavy (non-hydrogen) atoms. The zero-order valence-electron chi connectivity index (χ0n) is 11.8. The van der Waals surface area contributed by atoms with E-state index in [-0.39, 0.29) is 6.04 Å². The van der Waals surface area contributed by atoms with Gasteiger partial charge in [-0.2, -0.15) is 0 Å². The largest absolute Gasteiger partial charge is 0.320 e. The Bertz CT molecular complexity index is 588. The van der Waals surface area contributed by atoms with E-state index in [1.807, 2.05) is 12.1 Å². The van der Waals surface area contributed by atoms with Gasteiger partial charge in [0.2, 0.25) is 0 Å². The van der Waals surface area contributed by atoms with Crippen LogP contribution >= 0.6 is 23.2 Å². The monoisotopic (exact) mass is 307 g/mol. The van der Waals surface area contributed by atoms with E-state index in [1.54, 1.807) is 6.07 Å². The number of rotatable bonds is 4. The number of hydrogen-bond donors (Lipinski definition) is 1. The Morgan fingerprint density at radius 2 is 1.60 bits per heavy atom. The summed E-state index contributed by atoms with van der Waals surface area (Å²) < 4.78 is 0. The van der Waals surface area contributed by atoms with Crippen molar-refractivity contribution in [2.24, 2.45) is 5.73 Å². The molecule has 0 heterocycles. The lowest BCUT2D eigenvalue weighted by Crippen LogP contribution is -2.14. The number of halogens is 2. The summed E-state index contributed by atoms with van der Waals surface area (Å²) in [6.07, 6.45) is 1.96.